The highest BCUT2D eigenvalue weighted by molar-refractivity contribution is 5.93. The molecule has 1 amide bonds. The van der Waals surface area contributed by atoms with Crippen LogP contribution >= 0.6 is 0 Å². The third kappa shape index (κ3) is 3.12. The molecule has 0 spiro atoms. The summed E-state index contributed by atoms with van der Waals surface area (Å²) in [5.74, 6) is -0.0111. The van der Waals surface area contributed by atoms with Crippen LogP contribution in [0.5, 0.6) is 0 Å². The monoisotopic (exact) mass is 350 g/mol. The lowest BCUT2D eigenvalue weighted by atomic mass is 9.85. The molecule has 0 bridgehead atoms. The van der Waals surface area contributed by atoms with E-state index in [2.05, 4.69) is 51.4 Å². The highest BCUT2D eigenvalue weighted by atomic mass is 16.2. The summed E-state index contributed by atoms with van der Waals surface area (Å²) in [6.07, 6.45) is 10.3. The van der Waals surface area contributed by atoms with Crippen LogP contribution in [-0.4, -0.2) is 38.9 Å². The number of hydrogen-bond acceptors (Lipinski definition) is 4. The number of rotatable bonds is 2. The lowest BCUT2D eigenvalue weighted by molar-refractivity contribution is 0.0605. The van der Waals surface area contributed by atoms with Crippen LogP contribution in [0.1, 0.15) is 61.1 Å². The van der Waals surface area contributed by atoms with Gasteiger partial charge in [0.2, 0.25) is 0 Å². The molecule has 2 aliphatic heterocycles. The van der Waals surface area contributed by atoms with Gasteiger partial charge in [0, 0.05) is 17.9 Å². The van der Waals surface area contributed by atoms with Crippen LogP contribution in [-0.2, 0) is 0 Å². The number of carbonyl (C=O) groups is 1. The molecule has 0 saturated carbocycles. The van der Waals surface area contributed by atoms with Gasteiger partial charge in [-0.25, -0.2) is 4.98 Å². The van der Waals surface area contributed by atoms with Gasteiger partial charge in [0.15, 0.2) is 0 Å². The van der Waals surface area contributed by atoms with E-state index in [1.165, 1.54) is 18.4 Å². The molecule has 1 aromatic carbocycles. The number of carbonyl (C=O) groups excluding carboxylic acids is 1. The van der Waals surface area contributed by atoms with Crippen LogP contribution in [0.25, 0.3) is 0 Å². The first-order chi connectivity index (χ1) is 12.7. The molecule has 136 valence electrons. The second-order valence-corrected chi connectivity index (χ2v) is 7.64. The van der Waals surface area contributed by atoms with Crippen molar-refractivity contribution in [3.05, 3.63) is 60.2 Å². The first-order valence-electron chi connectivity index (χ1n) is 9.58. The molecule has 0 unspecified atom stereocenters. The van der Waals surface area contributed by atoms with Crippen molar-refractivity contribution in [2.75, 3.05) is 6.54 Å². The van der Waals surface area contributed by atoms with Gasteiger partial charge in [0.25, 0.3) is 5.91 Å². The Labute approximate surface area is 154 Å². The molecule has 26 heavy (non-hydrogen) atoms. The molecule has 2 saturated heterocycles. The van der Waals surface area contributed by atoms with Crippen LogP contribution in [0.2, 0.25) is 0 Å². The van der Waals surface area contributed by atoms with E-state index in [-0.39, 0.29) is 23.5 Å². The first-order valence-corrected chi connectivity index (χ1v) is 9.58. The number of likely N-dealkylation sites (tertiary alicyclic amines) is 1. The summed E-state index contributed by atoms with van der Waals surface area (Å²) in [7, 11) is 0. The van der Waals surface area contributed by atoms with Crippen molar-refractivity contribution < 1.29 is 4.79 Å². The molecule has 4 rings (SSSR count). The molecule has 3 heterocycles. The van der Waals surface area contributed by atoms with Gasteiger partial charge in [-0.1, -0.05) is 43.2 Å². The Hall–Kier alpha value is -2.27. The van der Waals surface area contributed by atoms with Crippen LogP contribution in [0.3, 0.4) is 0 Å². The average Bonchev–Trinajstić information content (AvgIpc) is 2.95. The predicted molar refractivity (Wildman–Crippen MR) is 101 cm³/mol. The maximum absolute atomic E-state index is 13.4. The molecule has 1 N–H and O–H groups in total. The van der Waals surface area contributed by atoms with E-state index in [1.54, 1.807) is 18.6 Å². The van der Waals surface area contributed by atoms with Crippen LogP contribution < -0.4 is 5.32 Å². The van der Waals surface area contributed by atoms with E-state index < -0.39 is 0 Å². The SMILES string of the molecule is C[C@]12C[C@@H](c3ccccc3)N(C(=O)c3cnccn3)[C@H]1CCCCCN2. The molecular formula is C21H26N4O. The Morgan fingerprint density at radius 3 is 2.81 bits per heavy atom. The molecule has 2 aromatic rings. The van der Waals surface area contributed by atoms with Gasteiger partial charge in [-0.15, -0.1) is 0 Å². The second-order valence-electron chi connectivity index (χ2n) is 7.64. The van der Waals surface area contributed by atoms with E-state index in [4.69, 9.17) is 0 Å². The van der Waals surface area contributed by atoms with Crippen molar-refractivity contribution >= 4 is 5.91 Å². The Balaban J connectivity index is 1.75. The maximum atomic E-state index is 13.4. The number of nitrogens with one attached hydrogen (secondary N) is 1. The normalized spacial score (nSPS) is 28.9. The largest absolute Gasteiger partial charge is 0.325 e. The zero-order chi connectivity index (χ0) is 18.0. The van der Waals surface area contributed by atoms with Crippen molar-refractivity contribution in [3.63, 3.8) is 0 Å². The zero-order valence-corrected chi connectivity index (χ0v) is 15.3. The molecule has 2 aliphatic rings. The number of nitrogens with zero attached hydrogens (tertiary/aromatic N) is 3. The van der Waals surface area contributed by atoms with Crippen LogP contribution in [0, 0.1) is 0 Å². The Morgan fingerprint density at radius 1 is 1.19 bits per heavy atom. The minimum atomic E-state index is -0.0706. The van der Waals surface area contributed by atoms with Gasteiger partial charge < -0.3 is 10.2 Å². The number of benzene rings is 1. The fraction of sp³-hybridized carbons (Fsp3) is 0.476. The summed E-state index contributed by atoms with van der Waals surface area (Å²) < 4.78 is 0. The molecule has 2 fully saturated rings. The summed E-state index contributed by atoms with van der Waals surface area (Å²) in [5.41, 5.74) is 1.55. The van der Waals surface area contributed by atoms with Crippen molar-refractivity contribution in [1.29, 1.82) is 0 Å². The molecule has 5 nitrogen and oxygen atoms in total. The Bertz CT molecular complexity index is 751. The average molecular weight is 350 g/mol. The number of hydrogen-bond donors (Lipinski definition) is 1. The molecule has 5 heteroatoms. The minimum Gasteiger partial charge on any atom is -0.325 e. The van der Waals surface area contributed by atoms with Gasteiger partial charge in [-0.05, 0) is 38.3 Å². The zero-order valence-electron chi connectivity index (χ0n) is 15.3. The quantitative estimate of drug-likeness (QED) is 0.902. The minimum absolute atomic E-state index is 0.0111. The lowest BCUT2D eigenvalue weighted by Gasteiger charge is -2.38. The Kier molecular flexibility index (Phi) is 4.72. The van der Waals surface area contributed by atoms with Crippen molar-refractivity contribution in [2.45, 2.75) is 56.7 Å². The van der Waals surface area contributed by atoms with E-state index >= 15 is 0 Å². The molecule has 3 atom stereocenters. The molecular weight excluding hydrogens is 324 g/mol. The summed E-state index contributed by atoms with van der Waals surface area (Å²) in [4.78, 5) is 23.9. The van der Waals surface area contributed by atoms with Crippen molar-refractivity contribution in [2.24, 2.45) is 0 Å². The number of amides is 1. The standard InChI is InChI=1S/C21H26N4O/c1-21-14-18(16-8-4-2-5-9-16)25(19(21)10-6-3-7-11-24-21)20(26)17-15-22-12-13-23-17/h2,4-5,8-9,12-13,15,18-19,24H,3,6-7,10-11,14H2,1H3/t18-,19-,21-/m0/s1. The van der Waals surface area contributed by atoms with Gasteiger partial charge in [-0.3, -0.25) is 9.78 Å². The third-order valence-corrected chi connectivity index (χ3v) is 5.91. The van der Waals surface area contributed by atoms with Crippen LogP contribution in [0.15, 0.2) is 48.9 Å². The van der Waals surface area contributed by atoms with Crippen molar-refractivity contribution in [3.8, 4) is 0 Å². The van der Waals surface area contributed by atoms with Gasteiger partial charge in [-0.2, -0.15) is 0 Å². The van der Waals surface area contributed by atoms with Crippen molar-refractivity contribution in [1.82, 2.24) is 20.2 Å². The number of aromatic nitrogens is 2. The van der Waals surface area contributed by atoms with Gasteiger partial charge in [0.05, 0.1) is 18.3 Å². The maximum Gasteiger partial charge on any atom is 0.274 e. The lowest BCUT2D eigenvalue weighted by Crippen LogP contribution is -2.54. The predicted octanol–water partition coefficient (Wildman–Crippen LogP) is 3.35. The summed E-state index contributed by atoms with van der Waals surface area (Å²) in [5, 5.41) is 3.77. The third-order valence-electron chi connectivity index (χ3n) is 5.91. The Morgan fingerprint density at radius 2 is 2.04 bits per heavy atom. The second kappa shape index (κ2) is 7.16. The van der Waals surface area contributed by atoms with Crippen LogP contribution in [0.4, 0.5) is 0 Å². The number of fused-ring (bicyclic) bond motifs is 1. The fourth-order valence-corrected chi connectivity index (χ4v) is 4.60. The summed E-state index contributed by atoms with van der Waals surface area (Å²) in [6.45, 7) is 3.30. The summed E-state index contributed by atoms with van der Waals surface area (Å²) >= 11 is 0. The van der Waals surface area contributed by atoms with E-state index in [9.17, 15) is 4.79 Å². The first kappa shape index (κ1) is 17.2. The van der Waals surface area contributed by atoms with Gasteiger partial charge in [0.1, 0.15) is 5.69 Å². The molecule has 0 aliphatic carbocycles. The smallest absolute Gasteiger partial charge is 0.274 e. The summed E-state index contributed by atoms with van der Waals surface area (Å²) in [6, 6.07) is 10.6. The highest BCUT2D eigenvalue weighted by Gasteiger charge is 2.51. The van der Waals surface area contributed by atoms with E-state index in [0.717, 1.165) is 25.8 Å². The van der Waals surface area contributed by atoms with Gasteiger partial charge >= 0.3 is 0 Å². The van der Waals surface area contributed by atoms with E-state index in [1.807, 2.05) is 6.07 Å². The van der Waals surface area contributed by atoms with E-state index in [0.29, 0.717) is 5.69 Å². The fourth-order valence-electron chi connectivity index (χ4n) is 4.60. The molecule has 0 radical (unpaired) electrons. The molecule has 1 aromatic heterocycles. The highest BCUT2D eigenvalue weighted by Crippen LogP contribution is 2.45. The topological polar surface area (TPSA) is 58.1 Å².